The Morgan fingerprint density at radius 1 is 0.846 bits per heavy atom. The number of thiol groups is 1. The van der Waals surface area contributed by atoms with Crippen LogP contribution in [0.4, 0.5) is 5.69 Å². The zero-order valence-electron chi connectivity index (χ0n) is 13.8. The number of phenols is 2. The fourth-order valence-corrected chi connectivity index (χ4v) is 3.74. The molecule has 5 heteroatoms. The normalized spacial score (nSPS) is 19.3. The van der Waals surface area contributed by atoms with Crippen LogP contribution in [0.1, 0.15) is 11.6 Å². The van der Waals surface area contributed by atoms with E-state index >= 15 is 0 Å². The maximum absolute atomic E-state index is 12.3. The van der Waals surface area contributed by atoms with Crippen molar-refractivity contribution in [3.63, 3.8) is 0 Å². The first-order valence-electron chi connectivity index (χ1n) is 8.25. The van der Waals surface area contributed by atoms with Gasteiger partial charge in [-0.2, -0.15) is 12.6 Å². The zero-order valence-corrected chi connectivity index (χ0v) is 14.7. The standard InChI is InChI=1S/C21H17NO3S/c23-16-8-4-5-13(11-16)14-9-10-17(18(24)12-14)19-20(26)21(25)22(19)15-6-2-1-3-7-15/h1-12,19-20,23-24,26H/t19-,20-/m1/s1. The van der Waals surface area contributed by atoms with Crippen molar-refractivity contribution < 1.29 is 15.0 Å². The van der Waals surface area contributed by atoms with E-state index in [1.54, 1.807) is 29.2 Å². The molecule has 0 saturated carbocycles. The van der Waals surface area contributed by atoms with E-state index in [2.05, 4.69) is 12.6 Å². The van der Waals surface area contributed by atoms with Gasteiger partial charge in [-0.15, -0.1) is 0 Å². The first-order chi connectivity index (χ1) is 12.6. The average Bonchev–Trinajstić information content (AvgIpc) is 2.66. The lowest BCUT2D eigenvalue weighted by molar-refractivity contribution is -0.123. The fourth-order valence-electron chi connectivity index (χ4n) is 3.32. The molecule has 0 aliphatic carbocycles. The molecule has 2 atom stereocenters. The number of rotatable bonds is 3. The Hall–Kier alpha value is -2.92. The first-order valence-corrected chi connectivity index (χ1v) is 8.76. The molecule has 1 aliphatic heterocycles. The molecule has 0 unspecified atom stereocenters. The van der Waals surface area contributed by atoms with E-state index in [0.29, 0.717) is 5.56 Å². The van der Waals surface area contributed by atoms with Crippen molar-refractivity contribution in [3.05, 3.63) is 78.4 Å². The molecule has 2 N–H and O–H groups in total. The molecule has 4 nitrogen and oxygen atoms in total. The lowest BCUT2D eigenvalue weighted by Gasteiger charge is -2.45. The number of benzene rings is 3. The molecule has 3 aromatic rings. The minimum Gasteiger partial charge on any atom is -0.508 e. The van der Waals surface area contributed by atoms with Gasteiger partial charge >= 0.3 is 0 Å². The first kappa shape index (κ1) is 16.5. The topological polar surface area (TPSA) is 60.8 Å². The maximum atomic E-state index is 12.3. The van der Waals surface area contributed by atoms with Crippen molar-refractivity contribution >= 4 is 24.2 Å². The van der Waals surface area contributed by atoms with Crippen LogP contribution in [0.5, 0.6) is 11.5 Å². The zero-order chi connectivity index (χ0) is 18.3. The number of carbonyl (C=O) groups excluding carboxylic acids is 1. The van der Waals surface area contributed by atoms with Gasteiger partial charge in [0.2, 0.25) is 5.91 Å². The van der Waals surface area contributed by atoms with Crippen LogP contribution in [0.3, 0.4) is 0 Å². The molecule has 1 amide bonds. The second-order valence-corrected chi connectivity index (χ2v) is 6.81. The molecule has 0 radical (unpaired) electrons. The number of amides is 1. The van der Waals surface area contributed by atoms with Crippen molar-refractivity contribution in [2.75, 3.05) is 4.90 Å². The van der Waals surface area contributed by atoms with E-state index in [0.717, 1.165) is 16.8 Å². The summed E-state index contributed by atoms with van der Waals surface area (Å²) in [5, 5.41) is 19.7. The minimum absolute atomic E-state index is 0.0824. The summed E-state index contributed by atoms with van der Waals surface area (Å²) >= 11 is 4.42. The maximum Gasteiger partial charge on any atom is 0.242 e. The van der Waals surface area contributed by atoms with Gasteiger partial charge in [0, 0.05) is 11.3 Å². The Bertz CT molecular complexity index is 974. The van der Waals surface area contributed by atoms with Gasteiger partial charge < -0.3 is 15.1 Å². The van der Waals surface area contributed by atoms with Gasteiger partial charge in [-0.05, 0) is 41.5 Å². The minimum atomic E-state index is -0.493. The molecule has 0 bridgehead atoms. The monoisotopic (exact) mass is 363 g/mol. The summed E-state index contributed by atoms with van der Waals surface area (Å²) < 4.78 is 0. The van der Waals surface area contributed by atoms with Gasteiger partial charge in [-0.1, -0.05) is 42.5 Å². The van der Waals surface area contributed by atoms with Crippen LogP contribution in [0.25, 0.3) is 11.1 Å². The number of phenolic OH excluding ortho intramolecular Hbond substituents is 2. The third-order valence-electron chi connectivity index (χ3n) is 4.63. The van der Waals surface area contributed by atoms with E-state index in [1.165, 1.54) is 0 Å². The van der Waals surface area contributed by atoms with Gasteiger partial charge in [0.15, 0.2) is 0 Å². The second-order valence-electron chi connectivity index (χ2n) is 6.26. The highest BCUT2D eigenvalue weighted by atomic mass is 32.1. The lowest BCUT2D eigenvalue weighted by Crippen LogP contribution is -2.56. The Morgan fingerprint density at radius 3 is 2.27 bits per heavy atom. The summed E-state index contributed by atoms with van der Waals surface area (Å²) in [4.78, 5) is 14.0. The summed E-state index contributed by atoms with van der Waals surface area (Å²) in [6.45, 7) is 0. The van der Waals surface area contributed by atoms with Crippen LogP contribution in [0.15, 0.2) is 72.8 Å². The Kier molecular flexibility index (Phi) is 4.09. The van der Waals surface area contributed by atoms with Crippen LogP contribution >= 0.6 is 12.6 Å². The highest BCUT2D eigenvalue weighted by Gasteiger charge is 2.47. The molecule has 0 aromatic heterocycles. The third-order valence-corrected chi connectivity index (χ3v) is 5.13. The quantitative estimate of drug-likeness (QED) is 0.484. The number of anilines is 1. The fraction of sp³-hybridized carbons (Fsp3) is 0.0952. The van der Waals surface area contributed by atoms with Crippen LogP contribution in [0, 0.1) is 0 Å². The molecule has 4 rings (SSSR count). The lowest BCUT2D eigenvalue weighted by atomic mass is 9.90. The van der Waals surface area contributed by atoms with E-state index in [-0.39, 0.29) is 23.4 Å². The van der Waals surface area contributed by atoms with Crippen molar-refractivity contribution in [1.82, 2.24) is 0 Å². The smallest absolute Gasteiger partial charge is 0.242 e. The molecule has 1 saturated heterocycles. The number of hydrogen-bond acceptors (Lipinski definition) is 4. The molecule has 3 aromatic carbocycles. The number of aromatic hydroxyl groups is 2. The van der Waals surface area contributed by atoms with Crippen LogP contribution < -0.4 is 4.90 Å². The van der Waals surface area contributed by atoms with Crippen LogP contribution in [-0.4, -0.2) is 21.4 Å². The third kappa shape index (κ3) is 2.70. The van der Waals surface area contributed by atoms with Crippen LogP contribution in [0.2, 0.25) is 0 Å². The van der Waals surface area contributed by atoms with E-state index in [1.807, 2.05) is 48.5 Å². The number of β-lactam (4-membered cyclic amide) rings is 1. The number of carbonyl (C=O) groups is 1. The number of nitrogens with zero attached hydrogens (tertiary/aromatic N) is 1. The number of para-hydroxylation sites is 1. The van der Waals surface area contributed by atoms with Gasteiger partial charge in [-0.25, -0.2) is 0 Å². The summed E-state index contributed by atoms with van der Waals surface area (Å²) in [6, 6.07) is 21.2. The molecule has 130 valence electrons. The number of hydrogen-bond donors (Lipinski definition) is 3. The van der Waals surface area contributed by atoms with Gasteiger partial charge in [0.05, 0.1) is 6.04 Å². The van der Waals surface area contributed by atoms with Gasteiger partial charge in [0.1, 0.15) is 16.7 Å². The van der Waals surface area contributed by atoms with Gasteiger partial charge in [-0.3, -0.25) is 4.79 Å². The predicted molar refractivity (Wildman–Crippen MR) is 105 cm³/mol. The Morgan fingerprint density at radius 2 is 1.58 bits per heavy atom. The molecule has 1 aliphatic rings. The Balaban J connectivity index is 1.70. The van der Waals surface area contributed by atoms with Crippen molar-refractivity contribution in [2.24, 2.45) is 0 Å². The van der Waals surface area contributed by atoms with Crippen molar-refractivity contribution in [3.8, 4) is 22.6 Å². The molecule has 1 heterocycles. The van der Waals surface area contributed by atoms with Crippen molar-refractivity contribution in [2.45, 2.75) is 11.3 Å². The van der Waals surface area contributed by atoms with E-state index < -0.39 is 5.25 Å². The summed E-state index contributed by atoms with van der Waals surface area (Å²) in [5.74, 6) is 0.186. The van der Waals surface area contributed by atoms with E-state index in [9.17, 15) is 15.0 Å². The molecule has 1 fully saturated rings. The van der Waals surface area contributed by atoms with Crippen molar-refractivity contribution in [1.29, 1.82) is 0 Å². The summed E-state index contributed by atoms with van der Waals surface area (Å²) in [5.41, 5.74) is 3.02. The predicted octanol–water partition coefficient (Wildman–Crippen LogP) is 4.15. The summed E-state index contributed by atoms with van der Waals surface area (Å²) in [6.07, 6.45) is 0. The Labute approximate surface area is 156 Å². The largest absolute Gasteiger partial charge is 0.508 e. The average molecular weight is 363 g/mol. The summed E-state index contributed by atoms with van der Waals surface area (Å²) in [7, 11) is 0. The SMILES string of the molecule is O=C1[C@H](S)[C@@H](c2ccc(-c3cccc(O)c3)cc2O)N1c1ccccc1. The molecule has 0 spiro atoms. The molecule has 26 heavy (non-hydrogen) atoms. The highest BCUT2D eigenvalue weighted by molar-refractivity contribution is 7.82. The highest BCUT2D eigenvalue weighted by Crippen LogP contribution is 2.45. The van der Waals surface area contributed by atoms with Crippen LogP contribution in [-0.2, 0) is 4.79 Å². The van der Waals surface area contributed by atoms with E-state index in [4.69, 9.17) is 0 Å². The van der Waals surface area contributed by atoms with Gasteiger partial charge in [0.25, 0.3) is 0 Å². The second kappa shape index (κ2) is 6.42. The molecular weight excluding hydrogens is 346 g/mol. The molecular formula is C21H17NO3S.